The monoisotopic (exact) mass is 532 g/mol. The van der Waals surface area contributed by atoms with Crippen LogP contribution in [0.1, 0.15) is 12.8 Å². The smallest absolute Gasteiger partial charge is 0.248 e. The van der Waals surface area contributed by atoms with Gasteiger partial charge in [0.15, 0.2) is 5.82 Å². The first-order valence-electron chi connectivity index (χ1n) is 12.1. The van der Waals surface area contributed by atoms with Gasteiger partial charge in [-0.05, 0) is 45.1 Å². The minimum Gasteiger partial charge on any atom is -0.378 e. The van der Waals surface area contributed by atoms with Gasteiger partial charge in [-0.2, -0.15) is 4.31 Å². The Morgan fingerprint density at radius 3 is 2.57 bits per heavy atom. The zero-order valence-corrected chi connectivity index (χ0v) is 21.6. The van der Waals surface area contributed by atoms with E-state index in [-0.39, 0.29) is 43.9 Å². The van der Waals surface area contributed by atoms with E-state index in [1.807, 2.05) is 0 Å². The van der Waals surface area contributed by atoms with Gasteiger partial charge in [0.05, 0.1) is 30.9 Å². The Labute approximate surface area is 211 Å². The molecule has 1 aromatic carbocycles. The van der Waals surface area contributed by atoms with E-state index in [1.54, 1.807) is 4.90 Å². The second-order valence-corrected chi connectivity index (χ2v) is 11.6. The number of amides is 1. The van der Waals surface area contributed by atoms with Crippen LogP contribution in [0.4, 0.5) is 4.39 Å². The molecule has 0 aromatic heterocycles. The molecule has 3 aliphatic rings. The predicted molar refractivity (Wildman–Crippen MR) is 129 cm³/mol. The van der Waals surface area contributed by atoms with Gasteiger partial charge in [0, 0.05) is 38.8 Å². The van der Waals surface area contributed by atoms with Crippen LogP contribution in [0.2, 0.25) is 5.02 Å². The second kappa shape index (κ2) is 11.8. The number of halogens is 2. The Hall–Kier alpha value is -1.34. The summed E-state index contributed by atoms with van der Waals surface area (Å²) < 4.78 is 53.0. The first-order chi connectivity index (χ1) is 16.8. The lowest BCUT2D eigenvalue weighted by Gasteiger charge is -2.42. The van der Waals surface area contributed by atoms with Gasteiger partial charge in [0.1, 0.15) is 11.5 Å². The molecule has 0 spiro atoms. The van der Waals surface area contributed by atoms with Crippen molar-refractivity contribution in [3.63, 3.8) is 0 Å². The molecule has 0 bridgehead atoms. The average molecular weight is 533 g/mol. The third kappa shape index (κ3) is 6.33. The number of carbonyl (C=O) groups excluding carboxylic acids is 1. The van der Waals surface area contributed by atoms with E-state index >= 15 is 0 Å². The van der Waals surface area contributed by atoms with Crippen LogP contribution in [-0.2, 0) is 24.3 Å². The van der Waals surface area contributed by atoms with Crippen LogP contribution in [0.5, 0.6) is 0 Å². The number of piperazine rings is 1. The van der Waals surface area contributed by atoms with Crippen LogP contribution >= 0.6 is 11.6 Å². The standard InChI is InChI=1S/C23H34ClFN4O5S/c1-26-7-5-18(6-8-26)27-9-11-28(12-10-27)22(30)17-34-16-19-15-33-14-13-29(19)35(31,32)21-4-2-3-20(24)23(21)25/h2-4,18-19H,5-17H2,1H3. The van der Waals surface area contributed by atoms with Crippen molar-refractivity contribution in [3.8, 4) is 0 Å². The van der Waals surface area contributed by atoms with Gasteiger partial charge >= 0.3 is 0 Å². The fourth-order valence-corrected chi connectivity index (χ4v) is 6.87. The fourth-order valence-electron chi connectivity index (χ4n) is 4.97. The van der Waals surface area contributed by atoms with E-state index in [2.05, 4.69) is 16.8 Å². The first kappa shape index (κ1) is 26.7. The van der Waals surface area contributed by atoms with Gasteiger partial charge < -0.3 is 19.3 Å². The molecule has 3 fully saturated rings. The van der Waals surface area contributed by atoms with Gasteiger partial charge in [-0.1, -0.05) is 17.7 Å². The molecule has 1 amide bonds. The molecule has 12 heteroatoms. The van der Waals surface area contributed by atoms with Crippen LogP contribution in [0.25, 0.3) is 0 Å². The summed E-state index contributed by atoms with van der Waals surface area (Å²) >= 11 is 5.79. The molecule has 0 N–H and O–H groups in total. The lowest BCUT2D eigenvalue weighted by molar-refractivity contribution is -0.139. The van der Waals surface area contributed by atoms with Gasteiger partial charge in [-0.25, -0.2) is 12.8 Å². The van der Waals surface area contributed by atoms with Crippen molar-refractivity contribution in [2.75, 3.05) is 79.3 Å². The van der Waals surface area contributed by atoms with E-state index in [4.69, 9.17) is 21.1 Å². The highest BCUT2D eigenvalue weighted by atomic mass is 35.5. The number of hydrogen-bond donors (Lipinski definition) is 0. The van der Waals surface area contributed by atoms with Gasteiger partial charge in [0.2, 0.25) is 15.9 Å². The van der Waals surface area contributed by atoms with E-state index < -0.39 is 26.8 Å². The summed E-state index contributed by atoms with van der Waals surface area (Å²) in [4.78, 5) is 18.9. The van der Waals surface area contributed by atoms with Crippen LogP contribution < -0.4 is 0 Å². The zero-order chi connectivity index (χ0) is 25.0. The number of rotatable bonds is 7. The lowest BCUT2D eigenvalue weighted by atomic mass is 10.0. The quantitative estimate of drug-likeness (QED) is 0.520. The van der Waals surface area contributed by atoms with Crippen molar-refractivity contribution in [1.82, 2.24) is 19.0 Å². The molecule has 35 heavy (non-hydrogen) atoms. The molecule has 1 unspecified atom stereocenters. The molecule has 3 heterocycles. The van der Waals surface area contributed by atoms with Crippen molar-refractivity contribution in [1.29, 1.82) is 0 Å². The Morgan fingerprint density at radius 2 is 1.86 bits per heavy atom. The van der Waals surface area contributed by atoms with Gasteiger partial charge in [0.25, 0.3) is 0 Å². The molecule has 1 aromatic rings. The number of likely N-dealkylation sites (tertiary alicyclic amines) is 1. The highest BCUT2D eigenvalue weighted by molar-refractivity contribution is 7.89. The number of nitrogens with zero attached hydrogens (tertiary/aromatic N) is 4. The summed E-state index contributed by atoms with van der Waals surface area (Å²) in [6, 6.07) is 3.81. The topological polar surface area (TPSA) is 82.6 Å². The lowest BCUT2D eigenvalue weighted by Crippen LogP contribution is -2.55. The third-order valence-corrected chi connectivity index (χ3v) is 9.34. The summed E-state index contributed by atoms with van der Waals surface area (Å²) in [5, 5.41) is -0.256. The van der Waals surface area contributed by atoms with Crippen molar-refractivity contribution in [3.05, 3.63) is 29.0 Å². The van der Waals surface area contributed by atoms with Crippen molar-refractivity contribution >= 4 is 27.5 Å². The summed E-state index contributed by atoms with van der Waals surface area (Å²) in [6.07, 6.45) is 2.32. The number of carbonyl (C=O) groups is 1. The zero-order valence-electron chi connectivity index (χ0n) is 20.1. The molecule has 0 aliphatic carbocycles. The molecular formula is C23H34ClFN4O5S. The average Bonchev–Trinajstić information content (AvgIpc) is 2.86. The molecule has 4 rings (SSSR count). The Bertz CT molecular complexity index is 984. The van der Waals surface area contributed by atoms with Crippen LogP contribution in [0.3, 0.4) is 0 Å². The van der Waals surface area contributed by atoms with Crippen LogP contribution in [0, 0.1) is 5.82 Å². The van der Waals surface area contributed by atoms with Gasteiger partial charge in [-0.3, -0.25) is 9.69 Å². The largest absolute Gasteiger partial charge is 0.378 e. The number of sulfonamides is 1. The van der Waals surface area contributed by atoms with E-state index in [1.165, 1.54) is 22.5 Å². The molecule has 3 saturated heterocycles. The first-order valence-corrected chi connectivity index (χ1v) is 13.9. The van der Waals surface area contributed by atoms with E-state index in [9.17, 15) is 17.6 Å². The molecule has 1 atom stereocenters. The van der Waals surface area contributed by atoms with E-state index in [0.717, 1.165) is 39.0 Å². The van der Waals surface area contributed by atoms with Gasteiger partial charge in [-0.15, -0.1) is 0 Å². The highest BCUT2D eigenvalue weighted by Gasteiger charge is 2.36. The van der Waals surface area contributed by atoms with E-state index in [0.29, 0.717) is 19.1 Å². The Balaban J connectivity index is 1.27. The molecule has 0 radical (unpaired) electrons. The number of hydrogen-bond acceptors (Lipinski definition) is 7. The minimum absolute atomic E-state index is 0.0251. The van der Waals surface area contributed by atoms with Crippen molar-refractivity contribution < 1.29 is 27.1 Å². The maximum atomic E-state index is 14.5. The predicted octanol–water partition coefficient (Wildman–Crippen LogP) is 1.12. The highest BCUT2D eigenvalue weighted by Crippen LogP contribution is 2.27. The maximum Gasteiger partial charge on any atom is 0.248 e. The summed E-state index contributed by atoms with van der Waals surface area (Å²) in [5.41, 5.74) is 0. The summed E-state index contributed by atoms with van der Waals surface area (Å²) in [7, 11) is -2.00. The Kier molecular flexibility index (Phi) is 9.01. The summed E-state index contributed by atoms with van der Waals surface area (Å²) in [6.45, 7) is 5.45. The van der Waals surface area contributed by atoms with Crippen LogP contribution in [-0.4, -0.2) is 125 Å². The molecule has 0 saturated carbocycles. The molecule has 3 aliphatic heterocycles. The molecule has 196 valence electrons. The number of ether oxygens (including phenoxy) is 2. The SMILES string of the molecule is CN1CCC(N2CCN(C(=O)COCC3COCCN3S(=O)(=O)c3cccc(Cl)c3F)CC2)CC1. The number of morpholine rings is 1. The fraction of sp³-hybridized carbons (Fsp3) is 0.696. The summed E-state index contributed by atoms with van der Waals surface area (Å²) in [5.74, 6) is -1.09. The Morgan fingerprint density at radius 1 is 1.14 bits per heavy atom. The number of benzene rings is 1. The van der Waals surface area contributed by atoms with Crippen molar-refractivity contribution in [2.45, 2.75) is 29.8 Å². The normalized spacial score (nSPS) is 24.1. The third-order valence-electron chi connectivity index (χ3n) is 7.08. The number of piperidine rings is 1. The second-order valence-electron chi connectivity index (χ2n) is 9.36. The molecular weight excluding hydrogens is 499 g/mol. The molecule has 9 nitrogen and oxygen atoms in total. The minimum atomic E-state index is -4.15. The maximum absolute atomic E-state index is 14.5. The van der Waals surface area contributed by atoms with Crippen molar-refractivity contribution in [2.24, 2.45) is 0 Å². The van der Waals surface area contributed by atoms with Crippen LogP contribution in [0.15, 0.2) is 23.1 Å².